The molecule has 0 saturated carbocycles. The monoisotopic (exact) mass is 345 g/mol. The average Bonchev–Trinajstić information content (AvgIpc) is 2.16. The number of rotatable bonds is 5. The second kappa shape index (κ2) is 10.9. The van der Waals surface area contributed by atoms with Gasteiger partial charge in [-0.3, -0.25) is 4.99 Å². The number of nitrogens with one attached hydrogen (secondary N) is 2. The molecule has 0 rings (SSSR count). The third-order valence-electron chi connectivity index (χ3n) is 2.19. The zero-order valence-corrected chi connectivity index (χ0v) is 13.5. The molecule has 0 amide bonds. The van der Waals surface area contributed by atoms with E-state index < -0.39 is 0 Å². The molecule has 0 aromatic rings. The summed E-state index contributed by atoms with van der Waals surface area (Å²) in [5.74, 6) is 2.63. The molecule has 0 aliphatic carbocycles. The fourth-order valence-corrected chi connectivity index (χ4v) is 1.15. The van der Waals surface area contributed by atoms with Crippen molar-refractivity contribution in [2.75, 3.05) is 25.6 Å². The molecule has 1 atom stereocenters. The predicted octanol–water partition coefficient (Wildman–Crippen LogP) is 2.18. The van der Waals surface area contributed by atoms with Crippen molar-refractivity contribution in [3.05, 3.63) is 0 Å². The standard InChI is InChI=1S/C10H23N3S.HI/c1-8(2)9(3)13-10(11-4)12-6-7-14-5;/h8-9H,6-7H2,1-5H3,(H2,11,12,13);1H. The van der Waals surface area contributed by atoms with E-state index >= 15 is 0 Å². The van der Waals surface area contributed by atoms with E-state index in [0.717, 1.165) is 18.3 Å². The minimum Gasteiger partial charge on any atom is -0.356 e. The summed E-state index contributed by atoms with van der Waals surface area (Å²) in [6.45, 7) is 7.54. The van der Waals surface area contributed by atoms with Crippen LogP contribution in [0, 0.1) is 5.92 Å². The number of thioether (sulfide) groups is 1. The molecule has 0 heterocycles. The van der Waals surface area contributed by atoms with Gasteiger partial charge in [0.2, 0.25) is 0 Å². The topological polar surface area (TPSA) is 36.4 Å². The van der Waals surface area contributed by atoms with Gasteiger partial charge in [0, 0.05) is 25.4 Å². The van der Waals surface area contributed by atoms with Crippen molar-refractivity contribution in [2.24, 2.45) is 10.9 Å². The minimum absolute atomic E-state index is 0. The maximum atomic E-state index is 4.17. The van der Waals surface area contributed by atoms with E-state index in [4.69, 9.17) is 0 Å². The third kappa shape index (κ3) is 9.29. The Morgan fingerprint density at radius 1 is 1.33 bits per heavy atom. The first-order valence-electron chi connectivity index (χ1n) is 5.08. The summed E-state index contributed by atoms with van der Waals surface area (Å²) in [6, 6.07) is 0.454. The lowest BCUT2D eigenvalue weighted by Gasteiger charge is -2.20. The quantitative estimate of drug-likeness (QED) is 0.347. The molecule has 0 aromatic carbocycles. The molecule has 3 nitrogen and oxygen atoms in total. The smallest absolute Gasteiger partial charge is 0.191 e. The van der Waals surface area contributed by atoms with Gasteiger partial charge in [0.05, 0.1) is 0 Å². The molecule has 0 saturated heterocycles. The second-order valence-electron chi connectivity index (χ2n) is 3.67. The van der Waals surface area contributed by atoms with Crippen LogP contribution in [-0.2, 0) is 0 Å². The number of guanidine groups is 1. The highest BCUT2D eigenvalue weighted by Gasteiger charge is 2.07. The van der Waals surface area contributed by atoms with Crippen molar-refractivity contribution in [3.63, 3.8) is 0 Å². The van der Waals surface area contributed by atoms with E-state index in [1.54, 1.807) is 0 Å². The summed E-state index contributed by atoms with van der Waals surface area (Å²) in [5, 5.41) is 6.63. The molecule has 5 heteroatoms. The van der Waals surface area contributed by atoms with Crippen LogP contribution in [0.3, 0.4) is 0 Å². The normalized spacial score (nSPS) is 13.3. The van der Waals surface area contributed by atoms with Crippen LogP contribution in [0.2, 0.25) is 0 Å². The zero-order valence-electron chi connectivity index (χ0n) is 10.3. The van der Waals surface area contributed by atoms with E-state index in [9.17, 15) is 0 Å². The van der Waals surface area contributed by atoms with Crippen molar-refractivity contribution in [1.29, 1.82) is 0 Å². The Hall–Kier alpha value is 0.350. The summed E-state index contributed by atoms with van der Waals surface area (Å²) in [7, 11) is 1.81. The Morgan fingerprint density at radius 3 is 2.33 bits per heavy atom. The van der Waals surface area contributed by atoms with Crippen molar-refractivity contribution in [2.45, 2.75) is 26.8 Å². The van der Waals surface area contributed by atoms with Gasteiger partial charge in [0.15, 0.2) is 5.96 Å². The van der Waals surface area contributed by atoms with Crippen LogP contribution in [0.1, 0.15) is 20.8 Å². The SMILES string of the molecule is CN=C(NCCSC)NC(C)C(C)C.I. The van der Waals surface area contributed by atoms with Gasteiger partial charge in [-0.25, -0.2) is 0 Å². The molecule has 0 aliphatic heterocycles. The Morgan fingerprint density at radius 2 is 1.93 bits per heavy atom. The maximum Gasteiger partial charge on any atom is 0.191 e. The zero-order chi connectivity index (χ0) is 11.0. The Labute approximate surface area is 115 Å². The van der Waals surface area contributed by atoms with Gasteiger partial charge in [0.1, 0.15) is 0 Å². The summed E-state index contributed by atoms with van der Waals surface area (Å²) < 4.78 is 0. The lowest BCUT2D eigenvalue weighted by Crippen LogP contribution is -2.44. The number of nitrogens with zero attached hydrogens (tertiary/aromatic N) is 1. The summed E-state index contributed by atoms with van der Waals surface area (Å²) >= 11 is 1.83. The van der Waals surface area contributed by atoms with Gasteiger partial charge in [-0.2, -0.15) is 11.8 Å². The molecule has 1 unspecified atom stereocenters. The van der Waals surface area contributed by atoms with Crippen LogP contribution < -0.4 is 10.6 Å². The summed E-state index contributed by atoms with van der Waals surface area (Å²) in [4.78, 5) is 4.17. The highest BCUT2D eigenvalue weighted by Crippen LogP contribution is 1.98. The predicted molar refractivity (Wildman–Crippen MR) is 82.6 cm³/mol. The molecule has 0 bridgehead atoms. The lowest BCUT2D eigenvalue weighted by atomic mass is 10.1. The van der Waals surface area contributed by atoms with Gasteiger partial charge in [0.25, 0.3) is 0 Å². The molecular weight excluding hydrogens is 321 g/mol. The van der Waals surface area contributed by atoms with Gasteiger partial charge < -0.3 is 10.6 Å². The van der Waals surface area contributed by atoms with Crippen LogP contribution in [0.4, 0.5) is 0 Å². The maximum absolute atomic E-state index is 4.17. The third-order valence-corrected chi connectivity index (χ3v) is 2.80. The highest BCUT2D eigenvalue weighted by molar-refractivity contribution is 14.0. The first-order valence-corrected chi connectivity index (χ1v) is 6.47. The van der Waals surface area contributed by atoms with Gasteiger partial charge in [-0.15, -0.1) is 24.0 Å². The first-order chi connectivity index (χ1) is 6.61. The Kier molecular flexibility index (Phi) is 12.8. The van der Waals surface area contributed by atoms with Crippen molar-refractivity contribution < 1.29 is 0 Å². The van der Waals surface area contributed by atoms with Crippen molar-refractivity contribution in [3.8, 4) is 0 Å². The first kappa shape index (κ1) is 17.7. The number of halogens is 1. The fourth-order valence-electron chi connectivity index (χ4n) is 0.848. The molecule has 0 spiro atoms. The second-order valence-corrected chi connectivity index (χ2v) is 4.65. The molecule has 0 aromatic heterocycles. The van der Waals surface area contributed by atoms with E-state index in [0.29, 0.717) is 12.0 Å². The van der Waals surface area contributed by atoms with Crippen LogP contribution in [0.15, 0.2) is 4.99 Å². The molecular formula is C10H24IN3S. The molecule has 92 valence electrons. The van der Waals surface area contributed by atoms with Crippen LogP contribution >= 0.6 is 35.7 Å². The van der Waals surface area contributed by atoms with Gasteiger partial charge in [-0.1, -0.05) is 13.8 Å². The largest absolute Gasteiger partial charge is 0.356 e. The summed E-state index contributed by atoms with van der Waals surface area (Å²) in [6.07, 6.45) is 2.11. The van der Waals surface area contributed by atoms with Crippen LogP contribution in [0.25, 0.3) is 0 Å². The van der Waals surface area contributed by atoms with Crippen LogP contribution in [-0.4, -0.2) is 37.6 Å². The number of hydrogen-bond donors (Lipinski definition) is 2. The van der Waals surface area contributed by atoms with Gasteiger partial charge in [-0.05, 0) is 19.1 Å². The molecule has 15 heavy (non-hydrogen) atoms. The molecule has 0 aliphatic rings. The average molecular weight is 345 g/mol. The van der Waals surface area contributed by atoms with E-state index in [1.807, 2.05) is 18.8 Å². The molecule has 0 fully saturated rings. The number of aliphatic imine (C=N–C) groups is 1. The lowest BCUT2D eigenvalue weighted by molar-refractivity contribution is 0.481. The van der Waals surface area contributed by atoms with Gasteiger partial charge >= 0.3 is 0 Å². The Balaban J connectivity index is 0. The Bertz CT molecular complexity index is 174. The molecule has 2 N–H and O–H groups in total. The highest BCUT2D eigenvalue weighted by atomic mass is 127. The fraction of sp³-hybridized carbons (Fsp3) is 0.900. The minimum atomic E-state index is 0. The van der Waals surface area contributed by atoms with E-state index in [1.165, 1.54) is 0 Å². The van der Waals surface area contributed by atoms with E-state index in [2.05, 4.69) is 42.7 Å². The van der Waals surface area contributed by atoms with Crippen molar-refractivity contribution in [1.82, 2.24) is 10.6 Å². The van der Waals surface area contributed by atoms with E-state index in [-0.39, 0.29) is 24.0 Å². The van der Waals surface area contributed by atoms with Crippen molar-refractivity contribution >= 4 is 41.7 Å². The summed E-state index contributed by atoms with van der Waals surface area (Å²) in [5.41, 5.74) is 0. The number of hydrogen-bond acceptors (Lipinski definition) is 2. The molecule has 0 radical (unpaired) electrons. The van der Waals surface area contributed by atoms with Crippen LogP contribution in [0.5, 0.6) is 0 Å².